The molecule has 2 N–H and O–H groups in total. The lowest BCUT2D eigenvalue weighted by Crippen LogP contribution is -2.18. The van der Waals surface area contributed by atoms with Crippen molar-refractivity contribution in [3.05, 3.63) is 17.8 Å². The highest BCUT2D eigenvalue weighted by molar-refractivity contribution is 5.84. The number of hydrogen-bond acceptors (Lipinski definition) is 5. The largest absolute Gasteiger partial charge is 0.476 e. The molecule has 1 rings (SSSR count). The normalized spacial score (nSPS) is 14.5. The van der Waals surface area contributed by atoms with Gasteiger partial charge < -0.3 is 14.6 Å². The molecule has 6 heteroatoms. The molecular weight excluding hydrogens is 176 g/mol. The third kappa shape index (κ3) is 1.65. The first-order chi connectivity index (χ1) is 5.97. The maximum Gasteiger partial charge on any atom is 0.357 e. The van der Waals surface area contributed by atoms with Crippen molar-refractivity contribution in [1.82, 2.24) is 4.98 Å². The van der Waals surface area contributed by atoms with Gasteiger partial charge in [0.1, 0.15) is 12.3 Å². The second-order valence-corrected chi connectivity index (χ2v) is 2.53. The minimum Gasteiger partial charge on any atom is -0.476 e. The minimum atomic E-state index is -1.90. The summed E-state index contributed by atoms with van der Waals surface area (Å²) in [6.07, 6.45) is 0.865. The summed E-state index contributed by atoms with van der Waals surface area (Å²) in [7, 11) is 0. The first kappa shape index (κ1) is 9.22. The van der Waals surface area contributed by atoms with Crippen LogP contribution in [0.5, 0.6) is 0 Å². The molecule has 0 radical (unpaired) electrons. The minimum absolute atomic E-state index is 0.326. The molecule has 13 heavy (non-hydrogen) atoms. The van der Waals surface area contributed by atoms with Crippen LogP contribution in [0.25, 0.3) is 0 Å². The predicted molar refractivity (Wildman–Crippen MR) is 38.6 cm³/mol. The van der Waals surface area contributed by atoms with E-state index >= 15 is 0 Å². The Kier molecular flexibility index (Phi) is 2.04. The monoisotopic (exact) mass is 182 g/mol. The van der Waals surface area contributed by atoms with Crippen LogP contribution in [0.2, 0.25) is 0 Å². The van der Waals surface area contributed by atoms with Crippen molar-refractivity contribution in [3.63, 3.8) is 0 Å². The SMILES string of the molecule is CC(O)(C#N)c1nc(C(=O)O)co1. The Labute approximate surface area is 73.0 Å². The fourth-order valence-electron chi connectivity index (χ4n) is 0.643. The third-order valence-electron chi connectivity index (χ3n) is 1.36. The van der Waals surface area contributed by atoms with E-state index < -0.39 is 11.6 Å². The van der Waals surface area contributed by atoms with Gasteiger partial charge in [-0.05, 0) is 6.92 Å². The standard InChI is InChI=1S/C7H6N2O4/c1-7(12,3-8)6-9-4(2-13-6)5(10)11/h2,12H,1H3,(H,10,11). The molecule has 0 spiro atoms. The molecule has 0 aliphatic carbocycles. The van der Waals surface area contributed by atoms with Crippen molar-refractivity contribution in [2.45, 2.75) is 12.5 Å². The van der Waals surface area contributed by atoms with Gasteiger partial charge in [0.2, 0.25) is 11.5 Å². The van der Waals surface area contributed by atoms with Crippen LogP contribution in [0.1, 0.15) is 23.3 Å². The number of aromatic nitrogens is 1. The van der Waals surface area contributed by atoms with E-state index in [1.54, 1.807) is 0 Å². The molecule has 0 saturated heterocycles. The van der Waals surface area contributed by atoms with Crippen molar-refractivity contribution < 1.29 is 19.4 Å². The summed E-state index contributed by atoms with van der Waals surface area (Å²) in [5, 5.41) is 26.2. The molecule has 68 valence electrons. The highest BCUT2D eigenvalue weighted by Gasteiger charge is 2.29. The second-order valence-electron chi connectivity index (χ2n) is 2.53. The van der Waals surface area contributed by atoms with Crippen LogP contribution in [0.4, 0.5) is 0 Å². The fourth-order valence-corrected chi connectivity index (χ4v) is 0.643. The van der Waals surface area contributed by atoms with Gasteiger partial charge in [-0.25, -0.2) is 9.78 Å². The lowest BCUT2D eigenvalue weighted by molar-refractivity contribution is 0.0689. The van der Waals surface area contributed by atoms with Crippen LogP contribution in [0, 0.1) is 11.3 Å². The molecule has 0 fully saturated rings. The van der Waals surface area contributed by atoms with Crippen molar-refractivity contribution in [3.8, 4) is 6.07 Å². The second kappa shape index (κ2) is 2.88. The first-order valence-corrected chi connectivity index (χ1v) is 3.30. The molecule has 1 unspecified atom stereocenters. The summed E-state index contributed by atoms with van der Waals surface area (Å²) in [5.41, 5.74) is -2.24. The van der Waals surface area contributed by atoms with Gasteiger partial charge in [-0.15, -0.1) is 0 Å². The van der Waals surface area contributed by atoms with E-state index in [0.29, 0.717) is 0 Å². The zero-order valence-corrected chi connectivity index (χ0v) is 6.68. The number of aliphatic hydroxyl groups is 1. The lowest BCUT2D eigenvalue weighted by Gasteiger charge is -2.06. The van der Waals surface area contributed by atoms with Gasteiger partial charge in [0, 0.05) is 0 Å². The van der Waals surface area contributed by atoms with E-state index in [9.17, 15) is 9.90 Å². The smallest absolute Gasteiger partial charge is 0.357 e. The van der Waals surface area contributed by atoms with E-state index in [-0.39, 0.29) is 11.6 Å². The fraction of sp³-hybridized carbons (Fsp3) is 0.286. The first-order valence-electron chi connectivity index (χ1n) is 3.30. The average molecular weight is 182 g/mol. The van der Waals surface area contributed by atoms with Crippen LogP contribution >= 0.6 is 0 Å². The molecule has 1 atom stereocenters. The summed E-state index contributed by atoms with van der Waals surface area (Å²) < 4.78 is 4.62. The highest BCUT2D eigenvalue weighted by Crippen LogP contribution is 2.18. The Morgan fingerprint density at radius 2 is 2.46 bits per heavy atom. The molecule has 1 aromatic rings. The van der Waals surface area contributed by atoms with Gasteiger partial charge in [-0.2, -0.15) is 5.26 Å². The lowest BCUT2D eigenvalue weighted by atomic mass is 10.1. The molecule has 0 aliphatic rings. The van der Waals surface area contributed by atoms with E-state index in [0.717, 1.165) is 13.2 Å². The topological polar surface area (TPSA) is 107 Å². The van der Waals surface area contributed by atoms with Crippen molar-refractivity contribution >= 4 is 5.97 Å². The van der Waals surface area contributed by atoms with Gasteiger partial charge in [0.05, 0.1) is 0 Å². The zero-order chi connectivity index (χ0) is 10.1. The van der Waals surface area contributed by atoms with E-state index in [4.69, 9.17) is 10.4 Å². The number of nitriles is 1. The van der Waals surface area contributed by atoms with E-state index in [1.807, 2.05) is 0 Å². The number of nitrogens with zero attached hydrogens (tertiary/aromatic N) is 2. The number of carboxylic acids is 1. The summed E-state index contributed by atoms with van der Waals surface area (Å²) in [4.78, 5) is 13.8. The van der Waals surface area contributed by atoms with Gasteiger partial charge >= 0.3 is 5.97 Å². The molecule has 0 amide bonds. The highest BCUT2D eigenvalue weighted by atomic mass is 16.4. The number of carbonyl (C=O) groups is 1. The molecular formula is C7H6N2O4. The zero-order valence-electron chi connectivity index (χ0n) is 6.68. The number of rotatable bonds is 2. The maximum absolute atomic E-state index is 10.3. The van der Waals surface area contributed by atoms with Crippen LogP contribution < -0.4 is 0 Å². The molecule has 0 aromatic carbocycles. The molecule has 0 aliphatic heterocycles. The number of aromatic carboxylic acids is 1. The molecule has 1 aromatic heterocycles. The quantitative estimate of drug-likeness (QED) is 0.628. The summed E-state index contributed by atoms with van der Waals surface area (Å²) in [6.45, 7) is 1.16. The molecule has 0 saturated carbocycles. The predicted octanol–water partition coefficient (Wildman–Crippen LogP) is 0.104. The Hall–Kier alpha value is -1.87. The van der Waals surface area contributed by atoms with Gasteiger partial charge in [0.15, 0.2) is 5.69 Å². The van der Waals surface area contributed by atoms with Gasteiger partial charge in [-0.1, -0.05) is 0 Å². The Bertz CT molecular complexity index is 374. The Morgan fingerprint density at radius 1 is 1.85 bits per heavy atom. The van der Waals surface area contributed by atoms with Crippen LogP contribution in [0.15, 0.2) is 10.7 Å². The van der Waals surface area contributed by atoms with E-state index in [2.05, 4.69) is 9.40 Å². The van der Waals surface area contributed by atoms with Crippen molar-refractivity contribution in [2.24, 2.45) is 0 Å². The number of hydrogen-bond donors (Lipinski definition) is 2. The Balaban J connectivity index is 3.07. The summed E-state index contributed by atoms with van der Waals surface area (Å²) >= 11 is 0. The Morgan fingerprint density at radius 3 is 2.85 bits per heavy atom. The van der Waals surface area contributed by atoms with Crippen LogP contribution in [-0.4, -0.2) is 21.2 Å². The van der Waals surface area contributed by atoms with E-state index in [1.165, 1.54) is 6.07 Å². The average Bonchev–Trinajstić information content (AvgIpc) is 2.52. The maximum atomic E-state index is 10.3. The summed E-state index contributed by atoms with van der Waals surface area (Å²) in [6, 6.07) is 1.52. The van der Waals surface area contributed by atoms with Crippen LogP contribution in [-0.2, 0) is 5.60 Å². The molecule has 6 nitrogen and oxygen atoms in total. The van der Waals surface area contributed by atoms with Gasteiger partial charge in [0.25, 0.3) is 0 Å². The summed E-state index contributed by atoms with van der Waals surface area (Å²) in [5.74, 6) is -1.60. The van der Waals surface area contributed by atoms with Crippen molar-refractivity contribution in [2.75, 3.05) is 0 Å². The van der Waals surface area contributed by atoms with Crippen molar-refractivity contribution in [1.29, 1.82) is 5.26 Å². The third-order valence-corrected chi connectivity index (χ3v) is 1.36. The molecule has 0 bridgehead atoms. The molecule has 1 heterocycles. The number of carboxylic acid groups (broad SMARTS) is 1. The van der Waals surface area contributed by atoms with Gasteiger partial charge in [-0.3, -0.25) is 0 Å². The number of oxazole rings is 1. The van der Waals surface area contributed by atoms with Crippen LogP contribution in [0.3, 0.4) is 0 Å².